The number of aromatic nitrogens is 1. The fourth-order valence-electron chi connectivity index (χ4n) is 3.20. The summed E-state index contributed by atoms with van der Waals surface area (Å²) in [6.45, 7) is 1.88. The molecule has 0 unspecified atom stereocenters. The highest BCUT2D eigenvalue weighted by Gasteiger charge is 2.20. The SMILES string of the molecule is CNC(=O)C[C@@H](C)N(C)C(=O)c1cccc(-c2ccc3c(ccn3C)c2)c1. The van der Waals surface area contributed by atoms with Gasteiger partial charge in [-0.15, -0.1) is 0 Å². The Labute approximate surface area is 159 Å². The molecule has 3 aromatic rings. The minimum absolute atomic E-state index is 0.0768. The van der Waals surface area contributed by atoms with Crippen molar-refractivity contribution in [2.24, 2.45) is 7.05 Å². The zero-order valence-corrected chi connectivity index (χ0v) is 16.2. The van der Waals surface area contributed by atoms with E-state index in [2.05, 4.69) is 34.1 Å². The van der Waals surface area contributed by atoms with Gasteiger partial charge in [0.1, 0.15) is 0 Å². The maximum atomic E-state index is 12.8. The molecule has 3 rings (SSSR count). The molecule has 0 fully saturated rings. The molecule has 0 aliphatic heterocycles. The first-order valence-corrected chi connectivity index (χ1v) is 9.04. The van der Waals surface area contributed by atoms with Crippen LogP contribution in [0.15, 0.2) is 54.7 Å². The van der Waals surface area contributed by atoms with Crippen molar-refractivity contribution in [1.29, 1.82) is 0 Å². The van der Waals surface area contributed by atoms with Crippen LogP contribution >= 0.6 is 0 Å². The summed E-state index contributed by atoms with van der Waals surface area (Å²) in [5, 5.41) is 3.77. The lowest BCUT2D eigenvalue weighted by atomic mass is 10.0. The van der Waals surface area contributed by atoms with Crippen LogP contribution in [0.1, 0.15) is 23.7 Å². The molecule has 0 aliphatic carbocycles. The Morgan fingerprint density at radius 1 is 1.11 bits per heavy atom. The Morgan fingerprint density at radius 3 is 2.59 bits per heavy atom. The zero-order chi connectivity index (χ0) is 19.6. The average Bonchev–Trinajstić information content (AvgIpc) is 3.07. The van der Waals surface area contributed by atoms with Gasteiger partial charge in [-0.2, -0.15) is 0 Å². The van der Waals surface area contributed by atoms with E-state index in [0.29, 0.717) is 5.56 Å². The second-order valence-electron chi connectivity index (χ2n) is 6.92. The van der Waals surface area contributed by atoms with Crippen LogP contribution in [-0.4, -0.2) is 41.4 Å². The van der Waals surface area contributed by atoms with Crippen molar-refractivity contribution in [2.75, 3.05) is 14.1 Å². The number of nitrogens with zero attached hydrogens (tertiary/aromatic N) is 2. The van der Waals surface area contributed by atoms with E-state index in [0.717, 1.165) is 11.1 Å². The van der Waals surface area contributed by atoms with Crippen molar-refractivity contribution in [1.82, 2.24) is 14.8 Å². The van der Waals surface area contributed by atoms with Gasteiger partial charge in [-0.05, 0) is 48.4 Å². The number of hydrogen-bond acceptors (Lipinski definition) is 2. The maximum Gasteiger partial charge on any atom is 0.253 e. The van der Waals surface area contributed by atoms with Gasteiger partial charge < -0.3 is 14.8 Å². The maximum absolute atomic E-state index is 12.8. The van der Waals surface area contributed by atoms with Crippen molar-refractivity contribution < 1.29 is 9.59 Å². The van der Waals surface area contributed by atoms with E-state index in [4.69, 9.17) is 0 Å². The molecule has 0 bridgehead atoms. The average molecular weight is 363 g/mol. The lowest BCUT2D eigenvalue weighted by molar-refractivity contribution is -0.121. The van der Waals surface area contributed by atoms with Gasteiger partial charge in [0.15, 0.2) is 0 Å². The summed E-state index contributed by atoms with van der Waals surface area (Å²) in [4.78, 5) is 26.0. The Balaban J connectivity index is 1.85. The molecule has 1 heterocycles. The van der Waals surface area contributed by atoms with Gasteiger partial charge in [0, 0.05) is 56.3 Å². The third-order valence-electron chi connectivity index (χ3n) is 5.07. The van der Waals surface area contributed by atoms with Crippen molar-refractivity contribution >= 4 is 22.7 Å². The lowest BCUT2D eigenvalue weighted by Gasteiger charge is -2.24. The Kier molecular flexibility index (Phi) is 5.31. The second kappa shape index (κ2) is 7.66. The van der Waals surface area contributed by atoms with E-state index < -0.39 is 0 Å². The van der Waals surface area contributed by atoms with Crippen molar-refractivity contribution in [2.45, 2.75) is 19.4 Å². The number of benzene rings is 2. The van der Waals surface area contributed by atoms with Gasteiger partial charge in [-0.3, -0.25) is 9.59 Å². The first-order chi connectivity index (χ1) is 12.9. The third kappa shape index (κ3) is 3.87. The highest BCUT2D eigenvalue weighted by molar-refractivity contribution is 5.96. The van der Waals surface area contributed by atoms with Crippen LogP contribution in [0.3, 0.4) is 0 Å². The Morgan fingerprint density at radius 2 is 1.85 bits per heavy atom. The van der Waals surface area contributed by atoms with Crippen LogP contribution in [0, 0.1) is 0 Å². The molecular formula is C22H25N3O2. The largest absolute Gasteiger partial charge is 0.359 e. The monoisotopic (exact) mass is 363 g/mol. The van der Waals surface area contributed by atoms with Crippen molar-refractivity contribution in [3.63, 3.8) is 0 Å². The number of nitrogens with one attached hydrogen (secondary N) is 1. The molecule has 0 radical (unpaired) electrons. The number of fused-ring (bicyclic) bond motifs is 1. The molecule has 2 amide bonds. The van der Waals surface area contributed by atoms with Crippen molar-refractivity contribution in [3.05, 3.63) is 60.3 Å². The van der Waals surface area contributed by atoms with Crippen LogP contribution < -0.4 is 5.32 Å². The van der Waals surface area contributed by atoms with Crippen LogP contribution in [0.4, 0.5) is 0 Å². The molecule has 0 spiro atoms. The van der Waals surface area contributed by atoms with Gasteiger partial charge in [0.2, 0.25) is 5.91 Å². The van der Waals surface area contributed by atoms with E-state index in [9.17, 15) is 9.59 Å². The van der Waals surface area contributed by atoms with Gasteiger partial charge in [0.25, 0.3) is 5.91 Å². The second-order valence-corrected chi connectivity index (χ2v) is 6.92. The lowest BCUT2D eigenvalue weighted by Crippen LogP contribution is -2.38. The fraction of sp³-hybridized carbons (Fsp3) is 0.273. The molecule has 2 aromatic carbocycles. The highest BCUT2D eigenvalue weighted by atomic mass is 16.2. The van der Waals surface area contributed by atoms with Crippen LogP contribution in [0.25, 0.3) is 22.0 Å². The number of hydrogen-bond donors (Lipinski definition) is 1. The smallest absolute Gasteiger partial charge is 0.253 e. The molecule has 1 atom stereocenters. The summed E-state index contributed by atoms with van der Waals surface area (Å²) in [5.41, 5.74) is 3.86. The van der Waals surface area contributed by atoms with Crippen LogP contribution in [0.2, 0.25) is 0 Å². The van der Waals surface area contributed by atoms with Crippen molar-refractivity contribution in [3.8, 4) is 11.1 Å². The predicted molar refractivity (Wildman–Crippen MR) is 109 cm³/mol. The Bertz CT molecular complexity index is 990. The van der Waals surface area contributed by atoms with Gasteiger partial charge in [-0.1, -0.05) is 18.2 Å². The summed E-state index contributed by atoms with van der Waals surface area (Å²) in [6.07, 6.45) is 2.32. The summed E-state index contributed by atoms with van der Waals surface area (Å²) in [7, 11) is 5.36. The first-order valence-electron chi connectivity index (χ1n) is 9.04. The topological polar surface area (TPSA) is 54.3 Å². The Hall–Kier alpha value is -3.08. The number of aryl methyl sites for hydroxylation is 1. The molecule has 1 N–H and O–H groups in total. The van der Waals surface area contributed by atoms with Gasteiger partial charge in [0.05, 0.1) is 0 Å². The first kappa shape index (κ1) is 18.7. The molecule has 140 valence electrons. The molecule has 27 heavy (non-hydrogen) atoms. The summed E-state index contributed by atoms with van der Waals surface area (Å²) >= 11 is 0. The van der Waals surface area contributed by atoms with E-state index >= 15 is 0 Å². The summed E-state index contributed by atoms with van der Waals surface area (Å²) < 4.78 is 2.09. The van der Waals surface area contributed by atoms with Crippen LogP contribution in [-0.2, 0) is 11.8 Å². The fourth-order valence-corrected chi connectivity index (χ4v) is 3.20. The van der Waals surface area contributed by atoms with Gasteiger partial charge >= 0.3 is 0 Å². The minimum Gasteiger partial charge on any atom is -0.359 e. The number of carbonyl (C=O) groups is 2. The highest BCUT2D eigenvalue weighted by Crippen LogP contribution is 2.26. The third-order valence-corrected chi connectivity index (χ3v) is 5.07. The molecule has 1 aromatic heterocycles. The number of amides is 2. The molecular weight excluding hydrogens is 338 g/mol. The zero-order valence-electron chi connectivity index (χ0n) is 16.2. The normalized spacial score (nSPS) is 12.0. The van der Waals surface area contributed by atoms with Crippen LogP contribution in [0.5, 0.6) is 0 Å². The molecule has 5 heteroatoms. The summed E-state index contributed by atoms with van der Waals surface area (Å²) in [5.74, 6) is -0.166. The van der Waals surface area contributed by atoms with E-state index in [-0.39, 0.29) is 24.3 Å². The van der Waals surface area contributed by atoms with Gasteiger partial charge in [-0.25, -0.2) is 0 Å². The molecule has 0 saturated heterocycles. The van der Waals surface area contributed by atoms with E-state index in [1.165, 1.54) is 10.9 Å². The standard InChI is InChI=1S/C22H25N3O2/c1-15(12-21(26)23-2)25(4)22(27)19-7-5-6-16(14-19)17-8-9-20-18(13-17)10-11-24(20)3/h5-11,13-15H,12H2,1-4H3,(H,23,26)/t15-/m1/s1. The van der Waals surface area contributed by atoms with E-state index in [1.54, 1.807) is 19.0 Å². The molecule has 0 aliphatic rings. The molecule has 0 saturated carbocycles. The molecule has 5 nitrogen and oxygen atoms in total. The minimum atomic E-state index is -0.179. The van der Waals surface area contributed by atoms with E-state index in [1.807, 2.05) is 44.4 Å². The number of rotatable bonds is 5. The predicted octanol–water partition coefficient (Wildman–Crippen LogP) is 3.44. The summed E-state index contributed by atoms with van der Waals surface area (Å²) in [6, 6.07) is 15.8. The number of carbonyl (C=O) groups excluding carboxylic acids is 2. The quantitative estimate of drug-likeness (QED) is 0.755.